The molecule has 30 heavy (non-hydrogen) atoms. The molecule has 2 aromatic rings. The summed E-state index contributed by atoms with van der Waals surface area (Å²) < 4.78 is 6.36. The van der Waals surface area contributed by atoms with E-state index in [1.807, 2.05) is 32.9 Å². The van der Waals surface area contributed by atoms with Gasteiger partial charge in [0.25, 0.3) is 0 Å². The number of rotatable bonds is 1. The Morgan fingerprint density at radius 2 is 1.80 bits per heavy atom. The van der Waals surface area contributed by atoms with Crippen LogP contribution in [0.5, 0.6) is 0 Å². The van der Waals surface area contributed by atoms with E-state index in [1.54, 1.807) is 29.4 Å². The van der Waals surface area contributed by atoms with Gasteiger partial charge >= 0.3 is 6.09 Å². The van der Waals surface area contributed by atoms with Crippen molar-refractivity contribution in [1.29, 1.82) is 0 Å². The van der Waals surface area contributed by atoms with E-state index in [0.717, 1.165) is 10.0 Å². The van der Waals surface area contributed by atoms with E-state index in [0.29, 0.717) is 35.7 Å². The van der Waals surface area contributed by atoms with Crippen LogP contribution in [0.4, 0.5) is 4.79 Å². The van der Waals surface area contributed by atoms with Gasteiger partial charge in [-0.2, -0.15) is 0 Å². The first kappa shape index (κ1) is 23.3. The van der Waals surface area contributed by atoms with Gasteiger partial charge in [0, 0.05) is 41.4 Å². The molecule has 0 bridgehead atoms. The molecule has 3 unspecified atom stereocenters. The molecule has 6 nitrogen and oxygen atoms in total. The molecule has 9 heteroatoms. The molecule has 2 aromatic heterocycles. The van der Waals surface area contributed by atoms with Crippen molar-refractivity contribution < 1.29 is 14.6 Å². The summed E-state index contributed by atoms with van der Waals surface area (Å²) in [5.74, 6) is 0.344. The van der Waals surface area contributed by atoms with Gasteiger partial charge in [-0.1, -0.05) is 29.3 Å². The number of hydrogen-bond donors (Lipinski definition) is 1. The van der Waals surface area contributed by atoms with Crippen LogP contribution in [0.2, 0.25) is 10.3 Å². The molecule has 1 N–H and O–H groups in total. The average Bonchev–Trinajstić information content (AvgIpc) is 3.02. The zero-order valence-electron chi connectivity index (χ0n) is 17.0. The molecule has 4 rings (SSSR count). The van der Waals surface area contributed by atoms with Gasteiger partial charge < -0.3 is 14.7 Å². The maximum atomic E-state index is 12.2. The van der Waals surface area contributed by atoms with Crippen LogP contribution in [0, 0.1) is 11.8 Å². The number of carbonyl (C=O) groups excluding carboxylic acids is 1. The van der Waals surface area contributed by atoms with Crippen molar-refractivity contribution in [2.75, 3.05) is 13.1 Å². The van der Waals surface area contributed by atoms with Crippen LogP contribution in [0.3, 0.4) is 0 Å². The standard InChI is InChI=1S/C16H21ClN2O3.C5H3BrClN/c1-15(2,3)22-14(20)19-8-10-6-16(21,12(10)9-19)11-4-5-13(17)18-7-11;6-4-1-2-5(7)8-3-4/h4-5,7,10,12,21H,6,8-9H2,1-3H3;1-3H. The van der Waals surface area contributed by atoms with Crippen LogP contribution in [-0.2, 0) is 10.3 Å². The number of aliphatic hydroxyl groups is 1. The quantitative estimate of drug-likeness (QED) is 0.520. The number of halogens is 3. The summed E-state index contributed by atoms with van der Waals surface area (Å²) in [4.78, 5) is 21.7. The zero-order chi connectivity index (χ0) is 22.1. The molecule has 3 heterocycles. The maximum absolute atomic E-state index is 12.2. The first-order valence-electron chi connectivity index (χ1n) is 9.57. The van der Waals surface area contributed by atoms with Gasteiger partial charge in [-0.05, 0) is 67.2 Å². The van der Waals surface area contributed by atoms with E-state index < -0.39 is 11.2 Å². The molecular formula is C21H24BrCl2N3O3. The van der Waals surface area contributed by atoms with Gasteiger partial charge in [-0.3, -0.25) is 0 Å². The van der Waals surface area contributed by atoms with Crippen LogP contribution in [0.25, 0.3) is 0 Å². The van der Waals surface area contributed by atoms with E-state index in [-0.39, 0.29) is 12.0 Å². The Bertz CT molecular complexity index is 869. The van der Waals surface area contributed by atoms with Crippen LogP contribution in [0.15, 0.2) is 41.1 Å². The molecule has 1 amide bonds. The number of carbonyl (C=O) groups is 1. The molecule has 0 radical (unpaired) electrons. The highest BCUT2D eigenvalue weighted by Crippen LogP contribution is 2.54. The molecule has 0 spiro atoms. The first-order valence-corrected chi connectivity index (χ1v) is 11.1. The van der Waals surface area contributed by atoms with Crippen molar-refractivity contribution in [2.45, 2.75) is 38.4 Å². The maximum Gasteiger partial charge on any atom is 0.410 e. The number of hydrogen-bond acceptors (Lipinski definition) is 5. The van der Waals surface area contributed by atoms with Crippen LogP contribution >= 0.6 is 39.1 Å². The molecule has 1 aliphatic heterocycles. The second-order valence-corrected chi connectivity index (χ2v) is 10.2. The third-order valence-electron chi connectivity index (χ3n) is 5.20. The van der Waals surface area contributed by atoms with Crippen molar-refractivity contribution in [1.82, 2.24) is 14.9 Å². The number of likely N-dealkylation sites (tertiary alicyclic amines) is 1. The predicted molar refractivity (Wildman–Crippen MR) is 119 cm³/mol. The van der Waals surface area contributed by atoms with Gasteiger partial charge in [0.2, 0.25) is 0 Å². The van der Waals surface area contributed by atoms with Gasteiger partial charge in [-0.15, -0.1) is 0 Å². The summed E-state index contributed by atoms with van der Waals surface area (Å²) in [6, 6.07) is 7.06. The van der Waals surface area contributed by atoms with Crippen molar-refractivity contribution in [3.8, 4) is 0 Å². The van der Waals surface area contributed by atoms with E-state index >= 15 is 0 Å². The third-order valence-corrected chi connectivity index (χ3v) is 6.11. The molecular weight excluding hydrogens is 493 g/mol. The lowest BCUT2D eigenvalue weighted by Crippen LogP contribution is -2.51. The van der Waals surface area contributed by atoms with E-state index in [2.05, 4.69) is 25.9 Å². The lowest BCUT2D eigenvalue weighted by Gasteiger charge is -2.47. The highest BCUT2D eigenvalue weighted by Gasteiger charge is 2.58. The lowest BCUT2D eigenvalue weighted by atomic mass is 9.60. The summed E-state index contributed by atoms with van der Waals surface area (Å²) in [7, 11) is 0. The number of aromatic nitrogens is 2. The number of amides is 1. The van der Waals surface area contributed by atoms with Gasteiger partial charge in [-0.25, -0.2) is 14.8 Å². The molecule has 1 saturated heterocycles. The van der Waals surface area contributed by atoms with Crippen molar-refractivity contribution in [3.05, 3.63) is 57.0 Å². The minimum absolute atomic E-state index is 0.0305. The summed E-state index contributed by atoms with van der Waals surface area (Å²) in [5.41, 5.74) is -0.655. The topological polar surface area (TPSA) is 75.5 Å². The highest BCUT2D eigenvalue weighted by atomic mass is 79.9. The SMILES string of the molecule is CC(C)(C)OC(=O)N1CC2CC(O)(c3ccc(Cl)nc3)C2C1.Clc1ccc(Br)cn1. The minimum atomic E-state index is -0.918. The van der Waals surface area contributed by atoms with Crippen LogP contribution in [-0.4, -0.2) is 44.8 Å². The Morgan fingerprint density at radius 3 is 2.30 bits per heavy atom. The second-order valence-electron chi connectivity index (χ2n) is 8.55. The van der Waals surface area contributed by atoms with Gasteiger partial charge in [0.15, 0.2) is 0 Å². The average molecular weight is 517 g/mol. The summed E-state index contributed by atoms with van der Waals surface area (Å²) in [6.07, 6.45) is 3.61. The monoisotopic (exact) mass is 515 g/mol. The molecule has 0 aromatic carbocycles. The number of nitrogens with zero attached hydrogens (tertiary/aromatic N) is 3. The van der Waals surface area contributed by atoms with Crippen LogP contribution in [0.1, 0.15) is 32.8 Å². The fourth-order valence-electron chi connectivity index (χ4n) is 3.81. The molecule has 1 aliphatic carbocycles. The van der Waals surface area contributed by atoms with Crippen molar-refractivity contribution >= 4 is 45.2 Å². The van der Waals surface area contributed by atoms with E-state index in [1.165, 1.54) is 0 Å². The Morgan fingerprint density at radius 1 is 1.17 bits per heavy atom. The van der Waals surface area contributed by atoms with E-state index in [4.69, 9.17) is 27.9 Å². The lowest BCUT2D eigenvalue weighted by molar-refractivity contribution is -0.124. The second kappa shape index (κ2) is 8.99. The summed E-state index contributed by atoms with van der Waals surface area (Å²) in [5, 5.41) is 11.8. The summed E-state index contributed by atoms with van der Waals surface area (Å²) in [6.45, 7) is 6.71. The first-order chi connectivity index (χ1) is 14.0. The normalized spacial score (nSPS) is 25.0. The van der Waals surface area contributed by atoms with Crippen molar-refractivity contribution in [3.63, 3.8) is 0 Å². The van der Waals surface area contributed by atoms with E-state index in [9.17, 15) is 9.90 Å². The Balaban J connectivity index is 0.000000269. The molecule has 2 fully saturated rings. The smallest absolute Gasteiger partial charge is 0.410 e. The molecule has 162 valence electrons. The summed E-state index contributed by atoms with van der Waals surface area (Å²) >= 11 is 14.5. The Labute approximate surface area is 194 Å². The molecule has 1 saturated carbocycles. The predicted octanol–water partition coefficient (Wildman–Crippen LogP) is 5.31. The fourth-order valence-corrected chi connectivity index (χ4v) is 4.26. The molecule has 3 atom stereocenters. The zero-order valence-corrected chi connectivity index (χ0v) is 20.1. The number of ether oxygens (including phenoxy) is 1. The van der Waals surface area contributed by atoms with Crippen molar-refractivity contribution in [2.24, 2.45) is 11.8 Å². The fraction of sp³-hybridized carbons (Fsp3) is 0.476. The number of pyridine rings is 2. The highest BCUT2D eigenvalue weighted by molar-refractivity contribution is 9.10. The van der Waals surface area contributed by atoms with Gasteiger partial charge in [0.1, 0.15) is 15.9 Å². The van der Waals surface area contributed by atoms with Gasteiger partial charge in [0.05, 0.1) is 5.60 Å². The third kappa shape index (κ3) is 5.44. The Kier molecular flexibility index (Phi) is 6.97. The minimum Gasteiger partial charge on any atom is -0.444 e. The largest absolute Gasteiger partial charge is 0.444 e. The van der Waals surface area contributed by atoms with Crippen LogP contribution < -0.4 is 0 Å². The molecule has 2 aliphatic rings. The Hall–Kier alpha value is -1.41. The number of fused-ring (bicyclic) bond motifs is 1.